The number of rotatable bonds is 7. The van der Waals surface area contributed by atoms with Gasteiger partial charge in [-0.15, -0.1) is 0 Å². The van der Waals surface area contributed by atoms with E-state index in [1.54, 1.807) is 55.5 Å². The zero-order valence-electron chi connectivity index (χ0n) is 17.2. The van der Waals surface area contributed by atoms with Gasteiger partial charge in [0, 0.05) is 11.8 Å². The van der Waals surface area contributed by atoms with Gasteiger partial charge >= 0.3 is 0 Å². The molecule has 9 heteroatoms. The van der Waals surface area contributed by atoms with Gasteiger partial charge in [-0.1, -0.05) is 28.9 Å². The van der Waals surface area contributed by atoms with Gasteiger partial charge in [-0.25, -0.2) is 8.42 Å². The van der Waals surface area contributed by atoms with Gasteiger partial charge in [0.15, 0.2) is 10.7 Å². The minimum absolute atomic E-state index is 0.0442. The van der Waals surface area contributed by atoms with Crippen LogP contribution in [-0.2, 0) is 14.8 Å². The molecule has 0 aliphatic heterocycles. The molecule has 0 aliphatic rings. The molecule has 1 aromatic heterocycles. The van der Waals surface area contributed by atoms with Crippen LogP contribution in [0.5, 0.6) is 5.75 Å². The summed E-state index contributed by atoms with van der Waals surface area (Å²) in [6.07, 6.45) is 0. The molecule has 158 valence electrons. The zero-order chi connectivity index (χ0) is 21.9. The first-order valence-electron chi connectivity index (χ1n) is 9.18. The number of carbonyl (C=O) groups is 1. The number of sulfonamides is 1. The lowest BCUT2D eigenvalue weighted by molar-refractivity contribution is -0.114. The SMILES string of the molecule is COc1cccc(NC(=O)CN(c2ccc(C)cc2)S(=O)(=O)c2c(C)noc2C)c1. The molecule has 1 amide bonds. The number of anilines is 2. The van der Waals surface area contributed by atoms with Gasteiger partial charge in [0.05, 0.1) is 12.8 Å². The molecule has 0 saturated carbocycles. The molecule has 3 aromatic rings. The van der Waals surface area contributed by atoms with Crippen LogP contribution >= 0.6 is 0 Å². The topological polar surface area (TPSA) is 102 Å². The third-order valence-electron chi connectivity index (χ3n) is 4.48. The number of nitrogens with one attached hydrogen (secondary N) is 1. The highest BCUT2D eigenvalue weighted by Crippen LogP contribution is 2.28. The van der Waals surface area contributed by atoms with E-state index in [1.165, 1.54) is 14.0 Å². The molecule has 0 radical (unpaired) electrons. The van der Waals surface area contributed by atoms with Crippen LogP contribution in [0.4, 0.5) is 11.4 Å². The Bertz CT molecular complexity index is 1130. The zero-order valence-corrected chi connectivity index (χ0v) is 18.0. The Morgan fingerprint density at radius 1 is 1.13 bits per heavy atom. The van der Waals surface area contributed by atoms with Gasteiger partial charge in [-0.3, -0.25) is 9.10 Å². The van der Waals surface area contributed by atoms with Crippen molar-refractivity contribution in [2.24, 2.45) is 0 Å². The van der Waals surface area contributed by atoms with E-state index in [4.69, 9.17) is 9.26 Å². The predicted molar refractivity (Wildman–Crippen MR) is 113 cm³/mol. The van der Waals surface area contributed by atoms with Crippen molar-refractivity contribution in [1.82, 2.24) is 5.16 Å². The summed E-state index contributed by atoms with van der Waals surface area (Å²) in [5.74, 6) is 0.239. The molecular weight excluding hydrogens is 406 g/mol. The lowest BCUT2D eigenvalue weighted by Gasteiger charge is -2.24. The third kappa shape index (κ3) is 4.46. The average molecular weight is 429 g/mol. The molecule has 2 aromatic carbocycles. The fourth-order valence-electron chi connectivity index (χ4n) is 3.01. The summed E-state index contributed by atoms with van der Waals surface area (Å²) in [5, 5.41) is 6.45. The summed E-state index contributed by atoms with van der Waals surface area (Å²) >= 11 is 0. The molecule has 0 fully saturated rings. The molecule has 0 unspecified atom stereocenters. The van der Waals surface area contributed by atoms with Crippen LogP contribution in [0.15, 0.2) is 57.9 Å². The van der Waals surface area contributed by atoms with Crippen molar-refractivity contribution >= 4 is 27.3 Å². The van der Waals surface area contributed by atoms with Gasteiger partial charge in [0.25, 0.3) is 10.0 Å². The van der Waals surface area contributed by atoms with E-state index in [0.717, 1.165) is 9.87 Å². The number of aromatic nitrogens is 1. The Morgan fingerprint density at radius 2 is 1.83 bits per heavy atom. The summed E-state index contributed by atoms with van der Waals surface area (Å²) in [7, 11) is -2.57. The molecular formula is C21H23N3O5S. The van der Waals surface area contributed by atoms with Gasteiger partial charge in [-0.2, -0.15) is 0 Å². The fraction of sp³-hybridized carbons (Fsp3) is 0.238. The first kappa shape index (κ1) is 21.4. The van der Waals surface area contributed by atoms with Gasteiger partial charge < -0.3 is 14.6 Å². The van der Waals surface area contributed by atoms with Crippen molar-refractivity contribution in [2.75, 3.05) is 23.3 Å². The van der Waals surface area contributed by atoms with E-state index in [2.05, 4.69) is 10.5 Å². The minimum atomic E-state index is -4.09. The molecule has 1 N–H and O–H groups in total. The van der Waals surface area contributed by atoms with Crippen LogP contribution in [0.1, 0.15) is 17.0 Å². The second kappa shape index (κ2) is 8.58. The summed E-state index contributed by atoms with van der Waals surface area (Å²) in [6, 6.07) is 13.7. The van der Waals surface area contributed by atoms with Crippen molar-refractivity contribution < 1.29 is 22.5 Å². The summed E-state index contributed by atoms with van der Waals surface area (Å²) in [5.41, 5.74) is 2.06. The summed E-state index contributed by atoms with van der Waals surface area (Å²) in [4.78, 5) is 12.7. The maximum Gasteiger partial charge on any atom is 0.270 e. The number of benzene rings is 2. The molecule has 0 bridgehead atoms. The molecule has 0 atom stereocenters. The number of carbonyl (C=O) groups excluding carboxylic acids is 1. The number of hydrogen-bond acceptors (Lipinski definition) is 6. The highest BCUT2D eigenvalue weighted by atomic mass is 32.2. The maximum absolute atomic E-state index is 13.4. The highest BCUT2D eigenvalue weighted by molar-refractivity contribution is 7.93. The van der Waals surface area contributed by atoms with Gasteiger partial charge in [0.1, 0.15) is 18.0 Å². The predicted octanol–water partition coefficient (Wildman–Crippen LogP) is 3.44. The van der Waals surface area contributed by atoms with Crippen LogP contribution in [0.2, 0.25) is 0 Å². The van der Waals surface area contributed by atoms with Crippen LogP contribution in [0, 0.1) is 20.8 Å². The van der Waals surface area contributed by atoms with Crippen LogP contribution in [0.25, 0.3) is 0 Å². The van der Waals surface area contributed by atoms with Crippen LogP contribution in [0.3, 0.4) is 0 Å². The Balaban J connectivity index is 1.96. The van der Waals surface area contributed by atoms with E-state index in [-0.39, 0.29) is 16.3 Å². The largest absolute Gasteiger partial charge is 0.497 e. The van der Waals surface area contributed by atoms with Crippen molar-refractivity contribution in [3.8, 4) is 5.75 Å². The summed E-state index contributed by atoms with van der Waals surface area (Å²) in [6.45, 7) is 4.54. The monoisotopic (exact) mass is 429 g/mol. The standard InChI is InChI=1S/C21H23N3O5S/c1-14-8-10-18(11-9-14)24(30(26,27)21-15(2)23-29-16(21)3)13-20(25)22-17-6-5-7-19(12-17)28-4/h5-12H,13H2,1-4H3,(H,22,25). The maximum atomic E-state index is 13.4. The molecule has 0 aliphatic carbocycles. The second-order valence-electron chi connectivity index (χ2n) is 6.78. The molecule has 30 heavy (non-hydrogen) atoms. The number of ether oxygens (including phenoxy) is 1. The van der Waals surface area contributed by atoms with Crippen molar-refractivity contribution in [1.29, 1.82) is 0 Å². The van der Waals surface area contributed by atoms with Crippen LogP contribution < -0.4 is 14.4 Å². The number of nitrogens with zero attached hydrogens (tertiary/aromatic N) is 2. The smallest absolute Gasteiger partial charge is 0.270 e. The minimum Gasteiger partial charge on any atom is -0.497 e. The van der Waals surface area contributed by atoms with Crippen LogP contribution in [-0.4, -0.2) is 33.1 Å². The number of amides is 1. The lowest BCUT2D eigenvalue weighted by atomic mass is 10.2. The lowest BCUT2D eigenvalue weighted by Crippen LogP contribution is -2.38. The number of hydrogen-bond donors (Lipinski definition) is 1. The Hall–Kier alpha value is -3.33. The van der Waals surface area contributed by atoms with E-state index in [1.807, 2.05) is 6.92 Å². The Labute approximate surface area is 175 Å². The van der Waals surface area contributed by atoms with E-state index < -0.39 is 22.5 Å². The first-order chi connectivity index (χ1) is 14.2. The number of aryl methyl sites for hydroxylation is 3. The normalized spacial score (nSPS) is 11.2. The fourth-order valence-corrected chi connectivity index (χ4v) is 4.73. The van der Waals surface area contributed by atoms with Crippen molar-refractivity contribution in [3.05, 3.63) is 65.5 Å². The first-order valence-corrected chi connectivity index (χ1v) is 10.6. The average Bonchev–Trinajstić information content (AvgIpc) is 3.06. The third-order valence-corrected chi connectivity index (χ3v) is 6.50. The molecule has 3 rings (SSSR count). The van der Waals surface area contributed by atoms with E-state index >= 15 is 0 Å². The molecule has 1 heterocycles. The van der Waals surface area contributed by atoms with Crippen molar-refractivity contribution in [3.63, 3.8) is 0 Å². The van der Waals surface area contributed by atoms with Gasteiger partial charge in [-0.05, 0) is 45.0 Å². The van der Waals surface area contributed by atoms with E-state index in [0.29, 0.717) is 17.1 Å². The van der Waals surface area contributed by atoms with Crippen molar-refractivity contribution in [2.45, 2.75) is 25.7 Å². The quantitative estimate of drug-likeness (QED) is 0.617. The molecule has 0 saturated heterocycles. The van der Waals surface area contributed by atoms with Gasteiger partial charge in [0.2, 0.25) is 5.91 Å². The summed E-state index contributed by atoms with van der Waals surface area (Å²) < 4.78 is 38.1. The number of methoxy groups -OCH3 is 1. The Morgan fingerprint density at radius 3 is 2.43 bits per heavy atom. The molecule has 0 spiro atoms. The molecule has 8 nitrogen and oxygen atoms in total. The Kier molecular flexibility index (Phi) is 6.12. The highest BCUT2D eigenvalue weighted by Gasteiger charge is 2.32. The van der Waals surface area contributed by atoms with E-state index in [9.17, 15) is 13.2 Å². The second-order valence-corrected chi connectivity index (χ2v) is 8.58.